The topological polar surface area (TPSA) is 27.4 Å². The van der Waals surface area contributed by atoms with E-state index in [0.717, 1.165) is 13.2 Å². The molecule has 0 bridgehead atoms. The molecule has 3 heteroatoms. The average molecular weight is 212 g/mol. The highest BCUT2D eigenvalue weighted by molar-refractivity contribution is 5.34. The van der Waals surface area contributed by atoms with Gasteiger partial charge in [0.25, 0.3) is 0 Å². The van der Waals surface area contributed by atoms with Gasteiger partial charge in [0, 0.05) is 0 Å². The number of nitrogens with one attached hydrogen (secondary N) is 1. The van der Waals surface area contributed by atoms with Gasteiger partial charge in [-0.2, -0.15) is 0 Å². The summed E-state index contributed by atoms with van der Waals surface area (Å²) in [6.45, 7) is 12.6. The van der Waals surface area contributed by atoms with E-state index in [9.17, 15) is 0 Å². The largest absolute Gasteiger partial charge is 0.308 e. The van der Waals surface area contributed by atoms with Crippen LogP contribution in [0.1, 0.15) is 47.5 Å². The molecule has 0 unspecified atom stereocenters. The second-order valence-corrected chi connectivity index (χ2v) is 4.40. The van der Waals surface area contributed by atoms with Crippen LogP contribution in [0.2, 0.25) is 0 Å². The molecule has 3 nitrogen and oxygen atoms in total. The van der Waals surface area contributed by atoms with E-state index in [1.165, 1.54) is 12.8 Å². The van der Waals surface area contributed by atoms with Crippen molar-refractivity contribution in [3.05, 3.63) is 0 Å². The molecule has 88 valence electrons. The second kappa shape index (κ2) is 8.63. The van der Waals surface area contributed by atoms with Crippen LogP contribution in [-0.2, 0) is 0 Å². The molecule has 0 saturated heterocycles. The van der Waals surface area contributed by atoms with E-state index in [-0.39, 0.29) is 0 Å². The van der Waals surface area contributed by atoms with E-state index in [0.29, 0.717) is 12.1 Å². The van der Waals surface area contributed by atoms with Crippen LogP contribution >= 0.6 is 0 Å². The third-order valence-corrected chi connectivity index (χ3v) is 2.06. The molecule has 0 aliphatic carbocycles. The maximum atomic E-state index is 4.28. The molecule has 0 atom stereocenters. The number of rotatable bonds is 7. The Hall–Kier alpha value is -0.660. The lowest BCUT2D eigenvalue weighted by Gasteiger charge is -2.07. The molecule has 0 amide bonds. The molecule has 0 radical (unpaired) electrons. The van der Waals surface area contributed by atoms with Gasteiger partial charge in [-0.1, -0.05) is 13.3 Å². The Labute approximate surface area is 94.3 Å². The first-order valence-corrected chi connectivity index (χ1v) is 6.00. The lowest BCUT2D eigenvalue weighted by Crippen LogP contribution is -2.31. The van der Waals surface area contributed by atoms with Gasteiger partial charge >= 0.3 is 6.01 Å². The predicted octanol–water partition coefficient (Wildman–Crippen LogP) is 2.34. The molecule has 0 rings (SSSR count). The maximum Gasteiger partial charge on any atom is 0.308 e. The van der Waals surface area contributed by atoms with Gasteiger partial charge in [-0.15, -0.1) is 0 Å². The summed E-state index contributed by atoms with van der Waals surface area (Å²) in [6.07, 6.45) is 2.46. The van der Waals surface area contributed by atoms with Crippen molar-refractivity contribution < 1.29 is 4.58 Å². The van der Waals surface area contributed by atoms with Crippen LogP contribution in [0, 0.1) is 0 Å². The Morgan fingerprint density at radius 1 is 1.27 bits per heavy atom. The molecule has 0 aromatic rings. The summed E-state index contributed by atoms with van der Waals surface area (Å²) in [7, 11) is 0. The fourth-order valence-corrected chi connectivity index (χ4v) is 1.02. The molecule has 0 fully saturated rings. The summed E-state index contributed by atoms with van der Waals surface area (Å²) in [5.41, 5.74) is 0. The fraction of sp³-hybridized carbons (Fsp3) is 0.917. The summed E-state index contributed by atoms with van der Waals surface area (Å²) < 4.78 is 2.11. The van der Waals surface area contributed by atoms with Crippen molar-refractivity contribution in [1.82, 2.24) is 5.32 Å². The highest BCUT2D eigenvalue weighted by Crippen LogP contribution is 1.88. The van der Waals surface area contributed by atoms with Gasteiger partial charge in [0.1, 0.15) is 12.7 Å². The first-order valence-electron chi connectivity index (χ1n) is 6.00. The summed E-state index contributed by atoms with van der Waals surface area (Å²) in [6, 6.07) is 3.86. The number of hydrogen-bond acceptors (Lipinski definition) is 2. The highest BCUT2D eigenvalue weighted by Gasteiger charge is 2.04. The van der Waals surface area contributed by atoms with Crippen molar-refractivity contribution in [1.29, 1.82) is 0 Å². The monoisotopic (exact) mass is 212 g/mol. The Morgan fingerprint density at radius 2 is 1.93 bits per heavy atom. The Kier molecular flexibility index (Phi) is 8.25. The third-order valence-electron chi connectivity index (χ3n) is 2.06. The van der Waals surface area contributed by atoms with Crippen LogP contribution in [0.3, 0.4) is 0 Å². The minimum Gasteiger partial charge on any atom is -0.281 e. The van der Waals surface area contributed by atoms with Crippen molar-refractivity contribution in [3.8, 4) is 0 Å². The fourth-order valence-electron chi connectivity index (χ4n) is 1.02. The van der Waals surface area contributed by atoms with Crippen LogP contribution in [0.25, 0.3) is 0 Å². The van der Waals surface area contributed by atoms with Crippen molar-refractivity contribution in [2.45, 2.75) is 59.5 Å². The molecule has 0 aliphatic heterocycles. The zero-order valence-electron chi connectivity index (χ0n) is 10.9. The van der Waals surface area contributed by atoms with E-state index < -0.39 is 0 Å². The lowest BCUT2D eigenvalue weighted by atomic mass is 10.3. The van der Waals surface area contributed by atoms with Gasteiger partial charge in [-0.3, -0.25) is 5.32 Å². The highest BCUT2D eigenvalue weighted by atomic mass is 15.2. The second-order valence-electron chi connectivity index (χ2n) is 4.40. The summed E-state index contributed by atoms with van der Waals surface area (Å²) >= 11 is 0. The maximum absolute atomic E-state index is 4.28. The van der Waals surface area contributed by atoms with Gasteiger partial charge in [0.2, 0.25) is 0 Å². The summed E-state index contributed by atoms with van der Waals surface area (Å²) in [4.78, 5) is 4.28. The first-order chi connectivity index (χ1) is 7.07. The normalized spacial score (nSPS) is 10.6. The molecule has 0 aliphatic rings. The van der Waals surface area contributed by atoms with Crippen LogP contribution in [0.5, 0.6) is 0 Å². The van der Waals surface area contributed by atoms with Crippen LogP contribution in [0.4, 0.5) is 0 Å². The standard InChI is InChI=1S/C12H26N3/c1-6-7-8-13-9-15(12(4)5)10-14-11(2)3/h11-13H,6-9H2,1-5H3/q+1. The van der Waals surface area contributed by atoms with Crippen molar-refractivity contribution >= 4 is 6.01 Å². The number of unbranched alkanes of at least 4 members (excludes halogenated alkanes) is 1. The van der Waals surface area contributed by atoms with Crippen LogP contribution in [0.15, 0.2) is 4.99 Å². The molecule has 0 saturated carbocycles. The minimum absolute atomic E-state index is 0.321. The zero-order valence-corrected chi connectivity index (χ0v) is 10.9. The Bertz CT molecular complexity index is 213. The van der Waals surface area contributed by atoms with Gasteiger partial charge in [0.05, 0.1) is 6.04 Å². The quantitative estimate of drug-likeness (QED) is 0.298. The first kappa shape index (κ1) is 14.3. The van der Waals surface area contributed by atoms with E-state index in [2.05, 4.69) is 55.5 Å². The van der Waals surface area contributed by atoms with E-state index in [1.807, 2.05) is 0 Å². The van der Waals surface area contributed by atoms with Crippen LogP contribution in [-0.4, -0.2) is 35.9 Å². The number of aliphatic imine (C=N–C) groups is 1. The lowest BCUT2D eigenvalue weighted by molar-refractivity contribution is -0.557. The van der Waals surface area contributed by atoms with Gasteiger partial charge in [-0.05, 0) is 45.7 Å². The third kappa shape index (κ3) is 8.34. The summed E-state index contributed by atoms with van der Waals surface area (Å²) in [5, 5.41) is 3.39. The smallest absolute Gasteiger partial charge is 0.281 e. The van der Waals surface area contributed by atoms with E-state index >= 15 is 0 Å². The molecule has 1 N–H and O–H groups in total. The molecule has 0 aromatic carbocycles. The molecule has 0 spiro atoms. The molecule has 0 aromatic heterocycles. The minimum atomic E-state index is 0.321. The van der Waals surface area contributed by atoms with Crippen molar-refractivity contribution in [2.24, 2.45) is 4.99 Å². The van der Waals surface area contributed by atoms with E-state index in [1.54, 1.807) is 0 Å². The van der Waals surface area contributed by atoms with Crippen molar-refractivity contribution in [3.63, 3.8) is 0 Å². The molecular weight excluding hydrogens is 186 g/mol. The molecular formula is C12H26N3+. The molecule has 0 heterocycles. The number of nitrogens with zero attached hydrogens (tertiary/aromatic N) is 2. The average Bonchev–Trinajstić information content (AvgIpc) is 2.15. The SMILES string of the molecule is CCCCNC[N+](=C=NC(C)C)C(C)C. The van der Waals surface area contributed by atoms with Crippen molar-refractivity contribution in [2.75, 3.05) is 13.2 Å². The Balaban J connectivity index is 4.11. The van der Waals surface area contributed by atoms with Gasteiger partial charge in [0.15, 0.2) is 0 Å². The summed E-state index contributed by atoms with van der Waals surface area (Å²) in [5.74, 6) is 0. The number of hydrogen-bond donors (Lipinski definition) is 1. The molecule has 15 heavy (non-hydrogen) atoms. The van der Waals surface area contributed by atoms with Gasteiger partial charge < -0.3 is 0 Å². The van der Waals surface area contributed by atoms with E-state index in [4.69, 9.17) is 0 Å². The van der Waals surface area contributed by atoms with Crippen LogP contribution < -0.4 is 5.32 Å². The van der Waals surface area contributed by atoms with Gasteiger partial charge in [-0.25, -0.2) is 4.58 Å². The zero-order chi connectivity index (χ0) is 11.7. The predicted molar refractivity (Wildman–Crippen MR) is 65.7 cm³/mol. The Morgan fingerprint density at radius 3 is 2.40 bits per heavy atom.